The summed E-state index contributed by atoms with van der Waals surface area (Å²) < 4.78 is 32.0. The molecule has 0 amide bonds. The molecule has 3 rings (SSSR count). The number of methoxy groups -OCH3 is 2. The summed E-state index contributed by atoms with van der Waals surface area (Å²) in [5, 5.41) is 10.3. The predicted octanol–water partition coefficient (Wildman–Crippen LogP) is 3.43. The lowest BCUT2D eigenvalue weighted by atomic mass is 9.76. The van der Waals surface area contributed by atoms with Crippen LogP contribution >= 0.6 is 0 Å². The largest absolute Gasteiger partial charge is 0.502 e. The number of esters is 2. The molecular weight excluding hydrogens is 444 g/mol. The van der Waals surface area contributed by atoms with Crippen LogP contribution in [0.4, 0.5) is 0 Å². The lowest BCUT2D eigenvalue weighted by molar-refractivity contribution is -0.172. The van der Waals surface area contributed by atoms with Crippen LogP contribution in [0.15, 0.2) is 30.3 Å². The first kappa shape index (κ1) is 25.0. The summed E-state index contributed by atoms with van der Waals surface area (Å²) in [7, 11) is 2.81. The molecule has 9 heteroatoms. The molecule has 0 radical (unpaired) electrons. The molecule has 0 fully saturated rings. The molecule has 1 N–H and O–H groups in total. The average molecular weight is 475 g/mol. The van der Waals surface area contributed by atoms with E-state index in [1.165, 1.54) is 14.2 Å². The average Bonchev–Trinajstić information content (AvgIpc) is 3.30. The Morgan fingerprint density at radius 1 is 0.912 bits per heavy atom. The van der Waals surface area contributed by atoms with Crippen molar-refractivity contribution in [1.82, 2.24) is 0 Å². The van der Waals surface area contributed by atoms with Crippen molar-refractivity contribution in [3.05, 3.63) is 41.5 Å². The molecule has 184 valence electrons. The topological polar surface area (TPSA) is 110 Å². The summed E-state index contributed by atoms with van der Waals surface area (Å²) in [5.41, 5.74) is -0.226. The van der Waals surface area contributed by atoms with E-state index in [1.54, 1.807) is 32.0 Å². The van der Waals surface area contributed by atoms with Crippen LogP contribution in [0.3, 0.4) is 0 Å². The smallest absolute Gasteiger partial charge is 0.323 e. The standard InChI is InChI=1S/C25H30O9/c1-5-31-23(27)25(24(28)32-6-2,10-9-16-7-8-18-19(11-16)34-15-33-18)14-17-12-20(29-3)22(26)21(13-17)30-4/h7-8,11-13,26H,5-6,9-10,14-15H2,1-4H3. The van der Waals surface area contributed by atoms with Gasteiger partial charge in [-0.15, -0.1) is 0 Å². The number of phenols is 1. The third-order valence-corrected chi connectivity index (χ3v) is 5.66. The van der Waals surface area contributed by atoms with Gasteiger partial charge in [0.2, 0.25) is 12.5 Å². The van der Waals surface area contributed by atoms with Crippen molar-refractivity contribution in [3.8, 4) is 28.7 Å². The Labute approximate surface area is 198 Å². The second-order valence-electron chi connectivity index (χ2n) is 7.74. The van der Waals surface area contributed by atoms with E-state index in [-0.39, 0.29) is 50.1 Å². The maximum Gasteiger partial charge on any atom is 0.323 e. The zero-order valence-corrected chi connectivity index (χ0v) is 19.8. The van der Waals surface area contributed by atoms with Crippen molar-refractivity contribution >= 4 is 11.9 Å². The fraction of sp³-hybridized carbons (Fsp3) is 0.440. The molecule has 0 aliphatic carbocycles. The second-order valence-corrected chi connectivity index (χ2v) is 7.74. The van der Waals surface area contributed by atoms with Crippen LogP contribution in [-0.4, -0.2) is 51.3 Å². The molecule has 0 aromatic heterocycles. The minimum absolute atomic E-state index is 0.0395. The molecule has 0 saturated carbocycles. The van der Waals surface area contributed by atoms with Crippen LogP contribution in [0, 0.1) is 5.41 Å². The quantitative estimate of drug-likeness (QED) is 0.387. The fourth-order valence-corrected chi connectivity index (χ4v) is 3.91. The summed E-state index contributed by atoms with van der Waals surface area (Å²) >= 11 is 0. The maximum atomic E-state index is 13.3. The summed E-state index contributed by atoms with van der Waals surface area (Å²) in [6.45, 7) is 3.72. The van der Waals surface area contributed by atoms with Crippen LogP contribution in [0.1, 0.15) is 31.4 Å². The first-order valence-electron chi connectivity index (χ1n) is 11.0. The van der Waals surface area contributed by atoms with Crippen LogP contribution in [0.2, 0.25) is 0 Å². The number of benzene rings is 2. The molecule has 1 heterocycles. The third-order valence-electron chi connectivity index (χ3n) is 5.66. The van der Waals surface area contributed by atoms with E-state index < -0.39 is 17.4 Å². The SMILES string of the molecule is CCOC(=O)C(CCc1ccc2c(c1)OCO2)(Cc1cc(OC)c(O)c(OC)c1)C(=O)OCC. The van der Waals surface area contributed by atoms with Gasteiger partial charge in [-0.05, 0) is 68.5 Å². The van der Waals surface area contributed by atoms with Crippen molar-refractivity contribution in [3.63, 3.8) is 0 Å². The highest BCUT2D eigenvalue weighted by molar-refractivity contribution is 6.00. The maximum absolute atomic E-state index is 13.3. The number of hydrogen-bond acceptors (Lipinski definition) is 9. The van der Waals surface area contributed by atoms with E-state index in [2.05, 4.69) is 0 Å². The Morgan fingerprint density at radius 3 is 2.06 bits per heavy atom. The molecule has 0 saturated heterocycles. The van der Waals surface area contributed by atoms with Gasteiger partial charge in [0.05, 0.1) is 27.4 Å². The number of carbonyl (C=O) groups is 2. The van der Waals surface area contributed by atoms with E-state index in [4.69, 9.17) is 28.4 Å². The molecule has 1 aliphatic heterocycles. The highest BCUT2D eigenvalue weighted by Gasteiger charge is 2.48. The van der Waals surface area contributed by atoms with Crippen molar-refractivity contribution in [1.29, 1.82) is 0 Å². The Morgan fingerprint density at radius 2 is 1.50 bits per heavy atom. The van der Waals surface area contributed by atoms with Gasteiger partial charge in [0, 0.05) is 0 Å². The molecule has 2 aromatic carbocycles. The highest BCUT2D eigenvalue weighted by atomic mass is 16.7. The number of hydrogen-bond donors (Lipinski definition) is 1. The minimum atomic E-state index is -1.63. The van der Waals surface area contributed by atoms with E-state index in [1.807, 2.05) is 12.1 Å². The normalized spacial score (nSPS) is 12.2. The Kier molecular flexibility index (Phi) is 8.09. The Bertz CT molecular complexity index is 988. The van der Waals surface area contributed by atoms with Gasteiger partial charge in [-0.3, -0.25) is 9.59 Å². The monoisotopic (exact) mass is 474 g/mol. The van der Waals surface area contributed by atoms with Crippen molar-refractivity contribution in [2.45, 2.75) is 33.1 Å². The summed E-state index contributed by atoms with van der Waals surface area (Å²) in [6, 6.07) is 8.61. The summed E-state index contributed by atoms with van der Waals surface area (Å²) in [5.74, 6) is 0.0447. The first-order chi connectivity index (χ1) is 16.4. The Hall–Kier alpha value is -3.62. The minimum Gasteiger partial charge on any atom is -0.502 e. The molecule has 0 spiro atoms. The summed E-state index contributed by atoms with van der Waals surface area (Å²) in [4.78, 5) is 26.6. The van der Waals surface area contributed by atoms with Gasteiger partial charge in [-0.1, -0.05) is 6.07 Å². The van der Waals surface area contributed by atoms with Gasteiger partial charge in [-0.2, -0.15) is 0 Å². The number of carbonyl (C=O) groups excluding carboxylic acids is 2. The van der Waals surface area contributed by atoms with E-state index in [0.29, 0.717) is 23.5 Å². The van der Waals surface area contributed by atoms with Gasteiger partial charge in [-0.25, -0.2) is 0 Å². The number of ether oxygens (including phenoxy) is 6. The number of fused-ring (bicyclic) bond motifs is 1. The Balaban J connectivity index is 2.01. The van der Waals surface area contributed by atoms with Gasteiger partial charge >= 0.3 is 11.9 Å². The molecule has 0 unspecified atom stereocenters. The van der Waals surface area contributed by atoms with Crippen LogP contribution in [-0.2, 0) is 31.9 Å². The number of aromatic hydroxyl groups is 1. The molecule has 0 atom stereocenters. The van der Waals surface area contributed by atoms with Crippen LogP contribution < -0.4 is 18.9 Å². The second kappa shape index (κ2) is 11.0. The van der Waals surface area contributed by atoms with Crippen molar-refractivity contribution < 1.29 is 43.1 Å². The van der Waals surface area contributed by atoms with E-state index in [9.17, 15) is 14.7 Å². The third kappa shape index (κ3) is 5.13. The van der Waals surface area contributed by atoms with E-state index >= 15 is 0 Å². The van der Waals surface area contributed by atoms with Gasteiger partial charge < -0.3 is 33.5 Å². The molecule has 9 nitrogen and oxygen atoms in total. The summed E-state index contributed by atoms with van der Waals surface area (Å²) in [6.07, 6.45) is 0.457. The molecular formula is C25H30O9. The zero-order valence-electron chi connectivity index (χ0n) is 19.8. The number of rotatable bonds is 11. The zero-order chi connectivity index (χ0) is 24.7. The molecule has 0 bridgehead atoms. The van der Waals surface area contributed by atoms with E-state index in [0.717, 1.165) is 5.56 Å². The number of phenolic OH excluding ortho intramolecular Hbond substituents is 1. The lowest BCUT2D eigenvalue weighted by Crippen LogP contribution is -2.44. The van der Waals surface area contributed by atoms with Crippen molar-refractivity contribution in [2.75, 3.05) is 34.2 Å². The van der Waals surface area contributed by atoms with Gasteiger partial charge in [0.15, 0.2) is 28.4 Å². The lowest BCUT2D eigenvalue weighted by Gasteiger charge is -2.30. The molecule has 1 aliphatic rings. The van der Waals surface area contributed by atoms with Crippen molar-refractivity contribution in [2.24, 2.45) is 5.41 Å². The predicted molar refractivity (Wildman–Crippen MR) is 121 cm³/mol. The molecule has 34 heavy (non-hydrogen) atoms. The fourth-order valence-electron chi connectivity index (χ4n) is 3.91. The van der Waals surface area contributed by atoms with Crippen LogP contribution in [0.5, 0.6) is 28.7 Å². The van der Waals surface area contributed by atoms with Gasteiger partial charge in [0.25, 0.3) is 0 Å². The first-order valence-corrected chi connectivity index (χ1v) is 11.0. The molecule has 2 aromatic rings. The van der Waals surface area contributed by atoms with Gasteiger partial charge in [0.1, 0.15) is 0 Å². The van der Waals surface area contributed by atoms with Crippen LogP contribution in [0.25, 0.3) is 0 Å². The highest BCUT2D eigenvalue weighted by Crippen LogP contribution is 2.41. The number of aryl methyl sites for hydroxylation is 1.